The highest BCUT2D eigenvalue weighted by molar-refractivity contribution is 4.97. The van der Waals surface area contributed by atoms with Gasteiger partial charge in [0.05, 0.1) is 0 Å². The summed E-state index contributed by atoms with van der Waals surface area (Å²) in [7, 11) is 4.42. The highest BCUT2D eigenvalue weighted by atomic mass is 15.2. The van der Waals surface area contributed by atoms with Gasteiger partial charge < -0.3 is 10.2 Å². The average Bonchev–Trinajstić information content (AvgIpc) is 2.01. The van der Waals surface area contributed by atoms with Gasteiger partial charge in [0.2, 0.25) is 0 Å². The van der Waals surface area contributed by atoms with Crippen LogP contribution in [0.3, 0.4) is 0 Å². The van der Waals surface area contributed by atoms with E-state index in [1.54, 1.807) is 0 Å². The Labute approximate surface area is 82.7 Å². The minimum absolute atomic E-state index is 0.494. The van der Waals surface area contributed by atoms with Crippen LogP contribution < -0.4 is 5.32 Å². The van der Waals surface area contributed by atoms with E-state index in [1.807, 2.05) is 0 Å². The summed E-state index contributed by atoms with van der Waals surface area (Å²) in [6, 6.07) is 0. The molecule has 0 unspecified atom stereocenters. The van der Waals surface area contributed by atoms with Crippen LogP contribution >= 0.6 is 0 Å². The van der Waals surface area contributed by atoms with Crippen LogP contribution in [0.2, 0.25) is 0 Å². The molecule has 0 aromatic carbocycles. The Morgan fingerprint density at radius 2 is 2.00 bits per heavy atom. The van der Waals surface area contributed by atoms with Crippen LogP contribution in [0.15, 0.2) is 0 Å². The normalized spacial score (nSPS) is 20.3. The molecule has 1 rings (SSSR count). The zero-order chi connectivity index (χ0) is 9.73. The van der Waals surface area contributed by atoms with Crippen molar-refractivity contribution in [1.82, 2.24) is 10.2 Å². The summed E-state index contributed by atoms with van der Waals surface area (Å²) in [4.78, 5) is 2.40. The third-order valence-electron chi connectivity index (χ3n) is 3.39. The number of nitrogens with zero attached hydrogens (tertiary/aromatic N) is 1. The molecule has 0 spiro atoms. The van der Waals surface area contributed by atoms with Crippen molar-refractivity contribution in [1.29, 1.82) is 0 Å². The first-order chi connectivity index (χ1) is 6.21. The van der Waals surface area contributed by atoms with Gasteiger partial charge in [-0.25, -0.2) is 0 Å². The molecule has 13 heavy (non-hydrogen) atoms. The van der Waals surface area contributed by atoms with E-state index in [4.69, 9.17) is 0 Å². The van der Waals surface area contributed by atoms with Crippen LogP contribution in [0.4, 0.5) is 0 Å². The Hall–Kier alpha value is -0.0800. The predicted octanol–water partition coefficient (Wildman–Crippen LogP) is 1.86. The smallest absolute Gasteiger partial charge is 0.0327 e. The first-order valence-corrected chi connectivity index (χ1v) is 5.59. The molecule has 0 bridgehead atoms. The molecule has 2 nitrogen and oxygen atoms in total. The summed E-state index contributed by atoms with van der Waals surface area (Å²) in [5, 5.41) is 3.57. The Morgan fingerprint density at radius 1 is 1.31 bits per heavy atom. The van der Waals surface area contributed by atoms with Crippen LogP contribution in [0.5, 0.6) is 0 Å². The maximum atomic E-state index is 3.57. The highest BCUT2D eigenvalue weighted by Gasteiger charge is 2.38. The molecule has 2 heteroatoms. The van der Waals surface area contributed by atoms with Crippen molar-refractivity contribution < 1.29 is 0 Å². The lowest BCUT2D eigenvalue weighted by Gasteiger charge is -2.47. The third kappa shape index (κ3) is 2.68. The van der Waals surface area contributed by atoms with Gasteiger partial charge >= 0.3 is 0 Å². The second kappa shape index (κ2) is 4.97. The minimum Gasteiger partial charge on any atom is -0.315 e. The van der Waals surface area contributed by atoms with Crippen LogP contribution in [-0.2, 0) is 0 Å². The van der Waals surface area contributed by atoms with Gasteiger partial charge in [-0.3, -0.25) is 0 Å². The molecule has 0 aliphatic heterocycles. The zero-order valence-corrected chi connectivity index (χ0v) is 9.40. The molecule has 1 fully saturated rings. The molecular formula is C11H24N2. The Kier molecular flexibility index (Phi) is 4.20. The van der Waals surface area contributed by atoms with Gasteiger partial charge in [-0.2, -0.15) is 0 Å². The van der Waals surface area contributed by atoms with Crippen LogP contribution in [0.1, 0.15) is 39.0 Å². The zero-order valence-electron chi connectivity index (χ0n) is 9.40. The number of nitrogens with one attached hydrogen (secondary N) is 1. The SMILES string of the molecule is CCCCNCC1(N(C)C)CCC1. The van der Waals surface area contributed by atoms with E-state index < -0.39 is 0 Å². The number of rotatable bonds is 6. The van der Waals surface area contributed by atoms with Gasteiger partial charge in [-0.05, 0) is 46.3 Å². The molecule has 0 aromatic heterocycles. The van der Waals surface area contributed by atoms with Crippen molar-refractivity contribution in [3.8, 4) is 0 Å². The lowest BCUT2D eigenvalue weighted by Crippen LogP contribution is -2.56. The van der Waals surface area contributed by atoms with Gasteiger partial charge in [0.15, 0.2) is 0 Å². The molecule has 0 heterocycles. The van der Waals surface area contributed by atoms with Gasteiger partial charge in [-0.1, -0.05) is 13.3 Å². The van der Waals surface area contributed by atoms with E-state index in [9.17, 15) is 0 Å². The van der Waals surface area contributed by atoms with Crippen molar-refractivity contribution in [2.75, 3.05) is 27.2 Å². The van der Waals surface area contributed by atoms with E-state index in [2.05, 4.69) is 31.2 Å². The predicted molar refractivity (Wildman–Crippen MR) is 58.0 cm³/mol. The highest BCUT2D eigenvalue weighted by Crippen LogP contribution is 2.35. The minimum atomic E-state index is 0.494. The fourth-order valence-electron chi connectivity index (χ4n) is 1.99. The molecule has 0 radical (unpaired) electrons. The van der Waals surface area contributed by atoms with Gasteiger partial charge in [0, 0.05) is 12.1 Å². The van der Waals surface area contributed by atoms with Crippen LogP contribution in [0.25, 0.3) is 0 Å². The molecule has 1 aliphatic carbocycles. The van der Waals surface area contributed by atoms with E-state index in [0.717, 1.165) is 0 Å². The third-order valence-corrected chi connectivity index (χ3v) is 3.39. The maximum Gasteiger partial charge on any atom is 0.0327 e. The first-order valence-electron chi connectivity index (χ1n) is 5.59. The summed E-state index contributed by atoms with van der Waals surface area (Å²) in [6.07, 6.45) is 6.76. The lowest BCUT2D eigenvalue weighted by molar-refractivity contribution is 0.0602. The molecule has 1 saturated carbocycles. The van der Waals surface area contributed by atoms with Crippen LogP contribution in [-0.4, -0.2) is 37.6 Å². The van der Waals surface area contributed by atoms with Crippen molar-refractivity contribution >= 4 is 0 Å². The Bertz CT molecular complexity index is 139. The molecule has 0 atom stereocenters. The summed E-state index contributed by atoms with van der Waals surface area (Å²) in [5.74, 6) is 0. The Balaban J connectivity index is 2.17. The number of hydrogen-bond donors (Lipinski definition) is 1. The monoisotopic (exact) mass is 184 g/mol. The van der Waals surface area contributed by atoms with Crippen molar-refractivity contribution in [2.45, 2.75) is 44.6 Å². The quantitative estimate of drug-likeness (QED) is 0.634. The summed E-state index contributed by atoms with van der Waals surface area (Å²) < 4.78 is 0. The molecule has 1 N–H and O–H groups in total. The average molecular weight is 184 g/mol. The topological polar surface area (TPSA) is 15.3 Å². The summed E-state index contributed by atoms with van der Waals surface area (Å²) >= 11 is 0. The van der Waals surface area contributed by atoms with Gasteiger partial charge in [-0.15, -0.1) is 0 Å². The number of likely N-dealkylation sites (N-methyl/N-ethyl adjacent to an activating group) is 1. The van der Waals surface area contributed by atoms with E-state index in [1.165, 1.54) is 45.2 Å². The van der Waals surface area contributed by atoms with Gasteiger partial charge in [0.25, 0.3) is 0 Å². The van der Waals surface area contributed by atoms with Crippen molar-refractivity contribution in [3.63, 3.8) is 0 Å². The number of unbranched alkanes of at least 4 members (excludes halogenated alkanes) is 1. The maximum absolute atomic E-state index is 3.57. The Morgan fingerprint density at radius 3 is 2.38 bits per heavy atom. The lowest BCUT2D eigenvalue weighted by atomic mass is 9.75. The molecule has 1 aliphatic rings. The standard InChI is InChI=1S/C11H24N2/c1-4-5-9-12-10-11(13(2)3)7-6-8-11/h12H,4-10H2,1-3H3. The molecule has 78 valence electrons. The molecule has 0 amide bonds. The van der Waals surface area contributed by atoms with E-state index in [-0.39, 0.29) is 0 Å². The van der Waals surface area contributed by atoms with Crippen LogP contribution in [0, 0.1) is 0 Å². The van der Waals surface area contributed by atoms with Crippen molar-refractivity contribution in [3.05, 3.63) is 0 Å². The molecule has 0 saturated heterocycles. The second-order valence-corrected chi connectivity index (χ2v) is 4.50. The van der Waals surface area contributed by atoms with E-state index >= 15 is 0 Å². The molecule has 0 aromatic rings. The number of hydrogen-bond acceptors (Lipinski definition) is 2. The largest absolute Gasteiger partial charge is 0.315 e. The fourth-order valence-corrected chi connectivity index (χ4v) is 1.99. The molecular weight excluding hydrogens is 160 g/mol. The first kappa shape index (κ1) is 11.0. The summed E-state index contributed by atoms with van der Waals surface area (Å²) in [6.45, 7) is 4.61. The second-order valence-electron chi connectivity index (χ2n) is 4.50. The van der Waals surface area contributed by atoms with Gasteiger partial charge in [0.1, 0.15) is 0 Å². The van der Waals surface area contributed by atoms with Crippen molar-refractivity contribution in [2.24, 2.45) is 0 Å². The fraction of sp³-hybridized carbons (Fsp3) is 1.00. The van der Waals surface area contributed by atoms with E-state index in [0.29, 0.717) is 5.54 Å². The summed E-state index contributed by atoms with van der Waals surface area (Å²) in [5.41, 5.74) is 0.494.